The van der Waals surface area contributed by atoms with E-state index in [-0.39, 0.29) is 29.8 Å². The predicted octanol–water partition coefficient (Wildman–Crippen LogP) is 1.70. The number of aromatic nitrogens is 2. The van der Waals surface area contributed by atoms with Gasteiger partial charge in [0.1, 0.15) is 5.56 Å². The molecule has 4 heterocycles. The van der Waals surface area contributed by atoms with Crippen LogP contribution in [0, 0.1) is 0 Å². The van der Waals surface area contributed by atoms with E-state index < -0.39 is 6.10 Å². The Hall–Kier alpha value is -3.20. The first kappa shape index (κ1) is 21.0. The second-order valence-electron chi connectivity index (χ2n) is 7.56. The molecular formula is C22H26N4O5. The highest BCUT2D eigenvalue weighted by atomic mass is 16.5. The number of hydrogen-bond donors (Lipinski definition) is 0. The van der Waals surface area contributed by atoms with Gasteiger partial charge in [0, 0.05) is 44.7 Å². The molecule has 9 heteroatoms. The Morgan fingerprint density at radius 3 is 2.35 bits per heavy atom. The fourth-order valence-electron chi connectivity index (χ4n) is 4.39. The van der Waals surface area contributed by atoms with Gasteiger partial charge in [-0.3, -0.25) is 14.6 Å². The van der Waals surface area contributed by atoms with Crippen molar-refractivity contribution in [3.63, 3.8) is 0 Å². The van der Waals surface area contributed by atoms with Crippen LogP contribution in [0.15, 0.2) is 36.7 Å². The lowest BCUT2D eigenvalue weighted by molar-refractivity contribution is -0.178. The average Bonchev–Trinajstić information content (AvgIpc) is 2.82. The minimum atomic E-state index is -0.475. The SMILES string of the molecule is COc1ccc(C(=O)N2CCC(N3C(=O)[C@H](OC)[C@@H]3c3ccncc3)CC2)c(OC)n1. The van der Waals surface area contributed by atoms with E-state index in [4.69, 9.17) is 14.2 Å². The molecule has 9 nitrogen and oxygen atoms in total. The molecule has 2 saturated heterocycles. The molecular weight excluding hydrogens is 400 g/mol. The molecule has 2 aliphatic heterocycles. The van der Waals surface area contributed by atoms with Gasteiger partial charge in [-0.15, -0.1) is 0 Å². The van der Waals surface area contributed by atoms with Crippen LogP contribution in [0.3, 0.4) is 0 Å². The van der Waals surface area contributed by atoms with Gasteiger partial charge in [-0.25, -0.2) is 0 Å². The number of amides is 2. The highest BCUT2D eigenvalue weighted by Gasteiger charge is 2.51. The zero-order valence-corrected chi connectivity index (χ0v) is 17.9. The molecule has 2 aliphatic rings. The van der Waals surface area contributed by atoms with Crippen LogP contribution >= 0.6 is 0 Å². The van der Waals surface area contributed by atoms with E-state index in [0.29, 0.717) is 37.4 Å². The van der Waals surface area contributed by atoms with E-state index in [9.17, 15) is 9.59 Å². The summed E-state index contributed by atoms with van der Waals surface area (Å²) in [6, 6.07) is 7.07. The summed E-state index contributed by atoms with van der Waals surface area (Å²) in [7, 11) is 4.55. The Morgan fingerprint density at radius 1 is 1.03 bits per heavy atom. The molecule has 0 N–H and O–H groups in total. The number of β-lactam (4-membered cyclic amide) rings is 1. The van der Waals surface area contributed by atoms with Gasteiger partial charge in [-0.1, -0.05) is 0 Å². The van der Waals surface area contributed by atoms with Crippen LogP contribution in [-0.2, 0) is 9.53 Å². The van der Waals surface area contributed by atoms with Crippen molar-refractivity contribution in [2.75, 3.05) is 34.4 Å². The van der Waals surface area contributed by atoms with Crippen LogP contribution in [0.5, 0.6) is 11.8 Å². The lowest BCUT2D eigenvalue weighted by atomic mass is 9.86. The first-order valence-electron chi connectivity index (χ1n) is 10.2. The van der Waals surface area contributed by atoms with Gasteiger partial charge in [0.25, 0.3) is 11.8 Å². The molecule has 2 amide bonds. The van der Waals surface area contributed by atoms with Gasteiger partial charge in [0.05, 0.1) is 20.3 Å². The lowest BCUT2D eigenvalue weighted by Crippen LogP contribution is -2.64. The van der Waals surface area contributed by atoms with Gasteiger partial charge in [0.2, 0.25) is 11.8 Å². The van der Waals surface area contributed by atoms with Gasteiger partial charge in [0.15, 0.2) is 6.10 Å². The van der Waals surface area contributed by atoms with E-state index in [1.165, 1.54) is 14.2 Å². The van der Waals surface area contributed by atoms with Crippen molar-refractivity contribution in [2.45, 2.75) is 31.0 Å². The highest BCUT2D eigenvalue weighted by Crippen LogP contribution is 2.40. The molecule has 2 atom stereocenters. The normalized spacial score (nSPS) is 21.6. The van der Waals surface area contributed by atoms with Crippen molar-refractivity contribution >= 4 is 11.8 Å². The number of carbonyl (C=O) groups excluding carboxylic acids is 2. The monoisotopic (exact) mass is 426 g/mol. The van der Waals surface area contributed by atoms with Crippen molar-refractivity contribution in [1.29, 1.82) is 0 Å². The van der Waals surface area contributed by atoms with Crippen molar-refractivity contribution in [2.24, 2.45) is 0 Å². The molecule has 0 aromatic carbocycles. The zero-order chi connectivity index (χ0) is 22.0. The summed E-state index contributed by atoms with van der Waals surface area (Å²) in [5, 5.41) is 0. The Labute approximate surface area is 180 Å². The quantitative estimate of drug-likeness (QED) is 0.649. The van der Waals surface area contributed by atoms with Crippen LogP contribution in [0.2, 0.25) is 0 Å². The highest BCUT2D eigenvalue weighted by molar-refractivity contribution is 5.96. The van der Waals surface area contributed by atoms with Gasteiger partial charge >= 0.3 is 0 Å². The molecule has 2 fully saturated rings. The third-order valence-electron chi connectivity index (χ3n) is 6.00. The lowest BCUT2D eigenvalue weighted by Gasteiger charge is -2.52. The number of methoxy groups -OCH3 is 3. The zero-order valence-electron chi connectivity index (χ0n) is 17.9. The summed E-state index contributed by atoms with van der Waals surface area (Å²) in [4.78, 5) is 37.7. The molecule has 31 heavy (non-hydrogen) atoms. The van der Waals surface area contributed by atoms with Crippen molar-refractivity contribution in [1.82, 2.24) is 19.8 Å². The average molecular weight is 426 g/mol. The summed E-state index contributed by atoms with van der Waals surface area (Å²) in [5.74, 6) is 0.485. The number of ether oxygens (including phenoxy) is 3. The number of hydrogen-bond acceptors (Lipinski definition) is 7. The third-order valence-corrected chi connectivity index (χ3v) is 6.00. The minimum absolute atomic E-state index is 0.00453. The Bertz CT molecular complexity index is 946. The van der Waals surface area contributed by atoms with E-state index >= 15 is 0 Å². The maximum atomic E-state index is 13.0. The second-order valence-corrected chi connectivity index (χ2v) is 7.56. The van der Waals surface area contributed by atoms with Crippen molar-refractivity contribution in [3.8, 4) is 11.8 Å². The number of rotatable bonds is 6. The van der Waals surface area contributed by atoms with Gasteiger partial charge in [-0.2, -0.15) is 4.98 Å². The minimum Gasteiger partial charge on any atom is -0.481 e. The summed E-state index contributed by atoms with van der Waals surface area (Å²) in [5.41, 5.74) is 1.41. The van der Waals surface area contributed by atoms with Crippen LogP contribution in [-0.4, -0.2) is 78.1 Å². The predicted molar refractivity (Wildman–Crippen MR) is 111 cm³/mol. The maximum Gasteiger partial charge on any atom is 0.259 e. The molecule has 0 spiro atoms. The number of likely N-dealkylation sites (tertiary alicyclic amines) is 2. The van der Waals surface area contributed by atoms with Crippen LogP contribution in [0.25, 0.3) is 0 Å². The van der Waals surface area contributed by atoms with E-state index in [2.05, 4.69) is 9.97 Å². The van der Waals surface area contributed by atoms with Gasteiger partial charge in [-0.05, 0) is 36.6 Å². The van der Waals surface area contributed by atoms with E-state index in [1.807, 2.05) is 17.0 Å². The summed E-state index contributed by atoms with van der Waals surface area (Å²) >= 11 is 0. The third kappa shape index (κ3) is 3.81. The molecule has 4 rings (SSSR count). The number of piperidine rings is 1. The molecule has 0 saturated carbocycles. The fraction of sp³-hybridized carbons (Fsp3) is 0.455. The second kappa shape index (κ2) is 8.89. The Balaban J connectivity index is 1.45. The molecule has 164 valence electrons. The van der Waals surface area contributed by atoms with E-state index in [1.54, 1.807) is 36.5 Å². The molecule has 0 radical (unpaired) electrons. The molecule has 0 aliphatic carbocycles. The fourth-order valence-corrected chi connectivity index (χ4v) is 4.39. The largest absolute Gasteiger partial charge is 0.481 e. The van der Waals surface area contributed by atoms with Crippen molar-refractivity contribution in [3.05, 3.63) is 47.8 Å². The first-order valence-corrected chi connectivity index (χ1v) is 10.2. The van der Waals surface area contributed by atoms with Gasteiger partial charge < -0.3 is 24.0 Å². The molecule has 0 bridgehead atoms. The van der Waals surface area contributed by atoms with E-state index in [0.717, 1.165) is 5.56 Å². The Kier molecular flexibility index (Phi) is 6.03. The number of carbonyl (C=O) groups is 2. The van der Waals surface area contributed by atoms with Crippen LogP contribution in [0.1, 0.15) is 34.8 Å². The topological polar surface area (TPSA) is 94.1 Å². The van der Waals surface area contributed by atoms with Crippen LogP contribution in [0.4, 0.5) is 0 Å². The summed E-state index contributed by atoms with van der Waals surface area (Å²) < 4.78 is 15.8. The molecule has 0 unspecified atom stereocenters. The summed E-state index contributed by atoms with van der Waals surface area (Å²) in [6.45, 7) is 1.09. The standard InChI is InChI=1S/C22H26N4O5/c1-29-17-5-4-16(20(24-17)31-3)21(27)25-12-8-15(9-13-25)26-18(19(30-2)22(26)28)14-6-10-23-11-7-14/h4-7,10-11,15,18-19H,8-9,12-13H2,1-3H3/t18-,19+/m0/s1. The molecule has 2 aromatic heterocycles. The van der Waals surface area contributed by atoms with Crippen molar-refractivity contribution < 1.29 is 23.8 Å². The van der Waals surface area contributed by atoms with Crippen LogP contribution < -0.4 is 9.47 Å². The maximum absolute atomic E-state index is 13.0. The first-order chi connectivity index (χ1) is 15.1. The summed E-state index contributed by atoms with van der Waals surface area (Å²) in [6.07, 6.45) is 4.36. The molecule has 2 aromatic rings. The number of nitrogens with zero attached hydrogens (tertiary/aromatic N) is 4. The smallest absolute Gasteiger partial charge is 0.259 e. The Morgan fingerprint density at radius 2 is 1.74 bits per heavy atom. The number of pyridine rings is 2.